The van der Waals surface area contributed by atoms with Crippen molar-refractivity contribution in [1.29, 1.82) is 0 Å². The maximum atomic E-state index is 11.6. The number of methoxy groups -OCH3 is 1. The van der Waals surface area contributed by atoms with Crippen LogP contribution in [0.15, 0.2) is 18.2 Å². The summed E-state index contributed by atoms with van der Waals surface area (Å²) in [6.45, 7) is 2.86. The molecule has 1 fully saturated rings. The van der Waals surface area contributed by atoms with Crippen LogP contribution in [0.5, 0.6) is 5.75 Å². The first-order chi connectivity index (χ1) is 11.1. The Balaban J connectivity index is 0.00000288. The normalized spacial score (nSPS) is 17.9. The Bertz CT molecular complexity index is 529. The summed E-state index contributed by atoms with van der Waals surface area (Å²) in [6, 6.07) is 6.04. The minimum absolute atomic E-state index is 0. The first-order valence-electron chi connectivity index (χ1n) is 8.17. The molecular weight excluding hydrogens is 349 g/mol. The molecule has 0 aliphatic carbocycles. The highest BCUT2D eigenvalue weighted by Crippen LogP contribution is 2.27. The quantitative estimate of drug-likeness (QED) is 0.768. The maximum absolute atomic E-state index is 11.6. The monoisotopic (exact) mass is 375 g/mol. The first-order valence-corrected chi connectivity index (χ1v) is 8.55. The van der Waals surface area contributed by atoms with Gasteiger partial charge in [-0.15, -0.1) is 12.4 Å². The number of benzene rings is 1. The summed E-state index contributed by atoms with van der Waals surface area (Å²) >= 11 is 6.12. The Morgan fingerprint density at radius 3 is 2.96 bits per heavy atom. The molecule has 1 amide bonds. The van der Waals surface area contributed by atoms with Gasteiger partial charge in [0, 0.05) is 42.7 Å². The number of carbonyl (C=O) groups is 1. The van der Waals surface area contributed by atoms with E-state index >= 15 is 0 Å². The van der Waals surface area contributed by atoms with Gasteiger partial charge >= 0.3 is 0 Å². The third kappa shape index (κ3) is 6.13. The van der Waals surface area contributed by atoms with E-state index in [-0.39, 0.29) is 18.3 Å². The Morgan fingerprint density at radius 1 is 1.46 bits per heavy atom. The third-order valence-corrected chi connectivity index (χ3v) is 4.51. The zero-order chi connectivity index (χ0) is 16.7. The Labute approximate surface area is 155 Å². The molecule has 1 heterocycles. The Kier molecular flexibility index (Phi) is 9.44. The molecule has 0 aromatic heterocycles. The number of nitrogens with zero attached hydrogens (tertiary/aromatic N) is 1. The van der Waals surface area contributed by atoms with Gasteiger partial charge in [-0.05, 0) is 37.6 Å². The number of hydrogen-bond donors (Lipinski definition) is 2. The predicted octanol–water partition coefficient (Wildman–Crippen LogP) is 2.59. The number of likely N-dealkylation sites (tertiary alicyclic amines) is 1. The minimum atomic E-state index is 0. The van der Waals surface area contributed by atoms with Gasteiger partial charge < -0.3 is 15.8 Å². The second-order valence-corrected chi connectivity index (χ2v) is 6.36. The molecule has 1 aromatic rings. The molecule has 0 radical (unpaired) electrons. The van der Waals surface area contributed by atoms with Crippen LogP contribution in [0.4, 0.5) is 0 Å². The lowest BCUT2D eigenvalue weighted by molar-refractivity contribution is -0.121. The van der Waals surface area contributed by atoms with E-state index in [0.29, 0.717) is 30.6 Å². The first kappa shape index (κ1) is 21.0. The van der Waals surface area contributed by atoms with Crippen LogP contribution in [0.3, 0.4) is 0 Å². The summed E-state index contributed by atoms with van der Waals surface area (Å²) in [7, 11) is 1.67. The van der Waals surface area contributed by atoms with E-state index in [2.05, 4.69) is 10.2 Å². The average molecular weight is 376 g/mol. The van der Waals surface area contributed by atoms with Crippen molar-refractivity contribution in [3.63, 3.8) is 0 Å². The summed E-state index contributed by atoms with van der Waals surface area (Å²) in [4.78, 5) is 14.1. The van der Waals surface area contributed by atoms with Crippen LogP contribution >= 0.6 is 24.0 Å². The van der Waals surface area contributed by atoms with Crippen molar-refractivity contribution in [3.8, 4) is 5.75 Å². The van der Waals surface area contributed by atoms with Crippen LogP contribution in [-0.4, -0.2) is 43.6 Å². The highest BCUT2D eigenvalue weighted by molar-refractivity contribution is 6.30. The summed E-state index contributed by atoms with van der Waals surface area (Å²) < 4.78 is 5.44. The molecule has 0 spiro atoms. The van der Waals surface area contributed by atoms with E-state index < -0.39 is 0 Å². The van der Waals surface area contributed by atoms with Crippen LogP contribution in [0, 0.1) is 0 Å². The molecule has 1 aromatic carbocycles. The van der Waals surface area contributed by atoms with E-state index in [0.717, 1.165) is 30.8 Å². The van der Waals surface area contributed by atoms with Gasteiger partial charge in [-0.1, -0.05) is 18.0 Å². The number of nitrogens with one attached hydrogen (secondary N) is 1. The van der Waals surface area contributed by atoms with Crippen molar-refractivity contribution in [2.45, 2.75) is 38.3 Å². The van der Waals surface area contributed by atoms with Crippen molar-refractivity contribution < 1.29 is 9.53 Å². The van der Waals surface area contributed by atoms with Crippen molar-refractivity contribution in [2.75, 3.05) is 26.7 Å². The predicted molar refractivity (Wildman–Crippen MR) is 100.0 cm³/mol. The minimum Gasteiger partial charge on any atom is -0.496 e. The van der Waals surface area contributed by atoms with Crippen LogP contribution in [0.2, 0.25) is 5.02 Å². The molecular formula is C17H27Cl2N3O2. The highest BCUT2D eigenvalue weighted by Gasteiger charge is 2.23. The number of amides is 1. The second-order valence-electron chi connectivity index (χ2n) is 5.92. The smallest absolute Gasteiger partial charge is 0.221 e. The number of rotatable bonds is 7. The van der Waals surface area contributed by atoms with Gasteiger partial charge in [-0.25, -0.2) is 0 Å². The van der Waals surface area contributed by atoms with Gasteiger partial charge in [-0.3, -0.25) is 9.69 Å². The molecule has 0 saturated carbocycles. The average Bonchev–Trinajstić information content (AvgIpc) is 2.54. The molecule has 1 atom stereocenters. The lowest BCUT2D eigenvalue weighted by atomic mass is 10.0. The van der Waals surface area contributed by atoms with E-state index in [4.69, 9.17) is 22.1 Å². The number of nitrogens with two attached hydrogens (primary N) is 1. The number of piperidine rings is 1. The molecule has 1 aliphatic rings. The fourth-order valence-corrected chi connectivity index (χ4v) is 3.23. The van der Waals surface area contributed by atoms with Crippen molar-refractivity contribution in [2.24, 2.45) is 5.73 Å². The summed E-state index contributed by atoms with van der Waals surface area (Å²) in [5.74, 6) is 0.879. The van der Waals surface area contributed by atoms with Crippen LogP contribution in [0.1, 0.15) is 31.2 Å². The van der Waals surface area contributed by atoms with Crippen molar-refractivity contribution in [1.82, 2.24) is 10.2 Å². The molecule has 0 bridgehead atoms. The van der Waals surface area contributed by atoms with Crippen molar-refractivity contribution in [3.05, 3.63) is 28.8 Å². The number of carbonyl (C=O) groups excluding carboxylic acids is 1. The highest BCUT2D eigenvalue weighted by atomic mass is 35.5. The molecule has 136 valence electrons. The van der Waals surface area contributed by atoms with Gasteiger partial charge in [-0.2, -0.15) is 0 Å². The van der Waals surface area contributed by atoms with Gasteiger partial charge in [0.05, 0.1) is 7.11 Å². The fourth-order valence-electron chi connectivity index (χ4n) is 3.04. The van der Waals surface area contributed by atoms with Gasteiger partial charge in [0.15, 0.2) is 0 Å². The lowest BCUT2D eigenvalue weighted by Crippen LogP contribution is -2.46. The number of halogens is 2. The third-order valence-electron chi connectivity index (χ3n) is 4.27. The topological polar surface area (TPSA) is 67.6 Å². The van der Waals surface area contributed by atoms with Crippen LogP contribution in [-0.2, 0) is 11.3 Å². The Morgan fingerprint density at radius 2 is 2.25 bits per heavy atom. The summed E-state index contributed by atoms with van der Waals surface area (Å²) in [5.41, 5.74) is 6.50. The maximum Gasteiger partial charge on any atom is 0.221 e. The van der Waals surface area contributed by atoms with Crippen molar-refractivity contribution >= 4 is 29.9 Å². The zero-order valence-electron chi connectivity index (χ0n) is 14.1. The number of ether oxygens (including phenoxy) is 1. The van der Waals surface area contributed by atoms with Gasteiger partial charge in [0.1, 0.15) is 5.75 Å². The van der Waals surface area contributed by atoms with E-state index in [9.17, 15) is 4.79 Å². The van der Waals surface area contributed by atoms with E-state index in [1.807, 2.05) is 18.2 Å². The van der Waals surface area contributed by atoms with Gasteiger partial charge in [0.25, 0.3) is 0 Å². The Hall–Kier alpha value is -1.01. The largest absolute Gasteiger partial charge is 0.496 e. The number of hydrogen-bond acceptors (Lipinski definition) is 4. The van der Waals surface area contributed by atoms with Crippen LogP contribution in [0.25, 0.3) is 0 Å². The zero-order valence-corrected chi connectivity index (χ0v) is 15.7. The molecule has 1 aliphatic heterocycles. The molecule has 5 nitrogen and oxygen atoms in total. The molecule has 3 N–H and O–H groups in total. The van der Waals surface area contributed by atoms with Crippen LogP contribution < -0.4 is 15.8 Å². The molecule has 7 heteroatoms. The van der Waals surface area contributed by atoms with E-state index in [1.54, 1.807) is 7.11 Å². The molecule has 1 unspecified atom stereocenters. The SMILES string of the molecule is COc1ccc(Cl)cc1CN1CCCCC1CNC(=O)CCN.Cl. The fraction of sp³-hybridized carbons (Fsp3) is 0.588. The second kappa shape index (κ2) is 10.8. The standard InChI is InChI=1S/C17H26ClN3O2.ClH/c1-23-16-6-5-14(18)10-13(16)12-21-9-3-2-4-15(21)11-20-17(22)7-8-19;/h5-6,10,15H,2-4,7-9,11-12,19H2,1H3,(H,20,22);1H. The van der Waals surface area contributed by atoms with E-state index in [1.165, 1.54) is 12.8 Å². The van der Waals surface area contributed by atoms with Gasteiger partial charge in [0.2, 0.25) is 5.91 Å². The molecule has 1 saturated heterocycles. The molecule has 24 heavy (non-hydrogen) atoms. The summed E-state index contributed by atoms with van der Waals surface area (Å²) in [6.07, 6.45) is 3.84. The molecule has 2 rings (SSSR count). The lowest BCUT2D eigenvalue weighted by Gasteiger charge is -2.36. The summed E-state index contributed by atoms with van der Waals surface area (Å²) in [5, 5.41) is 3.70.